The number of nitrogens with one attached hydrogen (secondary N) is 1. The summed E-state index contributed by atoms with van der Waals surface area (Å²) < 4.78 is 5.42. The van der Waals surface area contributed by atoms with Gasteiger partial charge in [0.1, 0.15) is 5.75 Å². The van der Waals surface area contributed by atoms with Crippen molar-refractivity contribution in [3.8, 4) is 5.75 Å². The van der Waals surface area contributed by atoms with Crippen LogP contribution in [0.5, 0.6) is 5.75 Å². The number of ether oxygens (including phenoxy) is 1. The van der Waals surface area contributed by atoms with E-state index in [-0.39, 0.29) is 18.6 Å². The minimum Gasteiger partial charge on any atom is -0.484 e. The summed E-state index contributed by atoms with van der Waals surface area (Å²) in [5.74, 6) is 0.489. The highest BCUT2D eigenvalue weighted by molar-refractivity contribution is 5.92. The molecule has 21 heavy (non-hydrogen) atoms. The van der Waals surface area contributed by atoms with E-state index in [1.54, 1.807) is 24.3 Å². The van der Waals surface area contributed by atoms with E-state index in [0.29, 0.717) is 17.2 Å². The van der Waals surface area contributed by atoms with E-state index in [4.69, 9.17) is 10.5 Å². The molecular formula is C16H22N2O3. The maximum Gasteiger partial charge on any atom is 0.258 e. The second-order valence-corrected chi connectivity index (χ2v) is 5.61. The fourth-order valence-electron chi connectivity index (χ4n) is 2.64. The summed E-state index contributed by atoms with van der Waals surface area (Å²) in [5, 5.41) is 3.03. The summed E-state index contributed by atoms with van der Waals surface area (Å²) in [7, 11) is 0. The van der Waals surface area contributed by atoms with Crippen LogP contribution in [0, 0.1) is 5.92 Å². The molecule has 1 aromatic rings. The lowest BCUT2D eigenvalue weighted by atomic mass is 9.86. The molecule has 1 aliphatic rings. The number of rotatable bonds is 5. The second kappa shape index (κ2) is 7.11. The first-order chi connectivity index (χ1) is 10.1. The van der Waals surface area contributed by atoms with Crippen molar-refractivity contribution in [1.29, 1.82) is 0 Å². The first-order valence-electron chi connectivity index (χ1n) is 7.38. The maximum atomic E-state index is 11.9. The van der Waals surface area contributed by atoms with Crippen LogP contribution in [0.4, 0.5) is 0 Å². The van der Waals surface area contributed by atoms with Gasteiger partial charge in [-0.25, -0.2) is 0 Å². The molecule has 2 atom stereocenters. The van der Waals surface area contributed by atoms with Gasteiger partial charge < -0.3 is 15.8 Å². The van der Waals surface area contributed by atoms with Crippen LogP contribution in [-0.2, 0) is 4.79 Å². The third-order valence-electron chi connectivity index (χ3n) is 3.97. The Morgan fingerprint density at radius 2 is 1.90 bits per heavy atom. The lowest BCUT2D eigenvalue weighted by Crippen LogP contribution is -2.43. The molecule has 0 aromatic heterocycles. The van der Waals surface area contributed by atoms with Crippen LogP contribution in [0.15, 0.2) is 24.3 Å². The van der Waals surface area contributed by atoms with Crippen LogP contribution in [-0.4, -0.2) is 24.5 Å². The minimum absolute atomic E-state index is 0.0147. The number of benzene rings is 1. The number of nitrogens with two attached hydrogens (primary N) is 1. The minimum atomic E-state index is -0.481. The largest absolute Gasteiger partial charge is 0.484 e. The van der Waals surface area contributed by atoms with Crippen LogP contribution in [0.1, 0.15) is 43.0 Å². The summed E-state index contributed by atoms with van der Waals surface area (Å²) in [6.07, 6.45) is 4.63. The maximum absolute atomic E-state index is 11.9. The second-order valence-electron chi connectivity index (χ2n) is 5.61. The van der Waals surface area contributed by atoms with Crippen molar-refractivity contribution in [2.24, 2.45) is 11.7 Å². The van der Waals surface area contributed by atoms with E-state index < -0.39 is 5.91 Å². The molecule has 1 aliphatic carbocycles. The molecule has 1 aromatic carbocycles. The molecule has 1 saturated carbocycles. The van der Waals surface area contributed by atoms with Gasteiger partial charge in [0.05, 0.1) is 0 Å². The number of primary amides is 1. The summed E-state index contributed by atoms with van der Waals surface area (Å²) in [5.41, 5.74) is 5.58. The van der Waals surface area contributed by atoms with Gasteiger partial charge in [-0.15, -0.1) is 0 Å². The zero-order valence-corrected chi connectivity index (χ0v) is 12.3. The van der Waals surface area contributed by atoms with Gasteiger partial charge in [0, 0.05) is 11.6 Å². The van der Waals surface area contributed by atoms with Crippen LogP contribution >= 0.6 is 0 Å². The Kier molecular flexibility index (Phi) is 5.20. The molecular weight excluding hydrogens is 268 g/mol. The fraction of sp³-hybridized carbons (Fsp3) is 0.500. The zero-order valence-electron chi connectivity index (χ0n) is 12.3. The molecule has 5 nitrogen and oxygen atoms in total. The van der Waals surface area contributed by atoms with E-state index in [9.17, 15) is 9.59 Å². The van der Waals surface area contributed by atoms with Crippen molar-refractivity contribution < 1.29 is 14.3 Å². The summed E-state index contributed by atoms with van der Waals surface area (Å²) in [4.78, 5) is 22.8. The number of carbonyl (C=O) groups excluding carboxylic acids is 2. The van der Waals surface area contributed by atoms with Gasteiger partial charge in [-0.3, -0.25) is 9.59 Å². The fourth-order valence-corrected chi connectivity index (χ4v) is 2.64. The predicted octanol–water partition coefficient (Wildman–Crippen LogP) is 1.86. The lowest BCUT2D eigenvalue weighted by Gasteiger charge is -2.29. The molecule has 0 saturated heterocycles. The smallest absolute Gasteiger partial charge is 0.258 e. The van der Waals surface area contributed by atoms with Crippen molar-refractivity contribution in [2.45, 2.75) is 38.6 Å². The van der Waals surface area contributed by atoms with E-state index in [1.807, 2.05) is 0 Å². The topological polar surface area (TPSA) is 81.4 Å². The Hall–Kier alpha value is -2.04. The number of hydrogen-bond donors (Lipinski definition) is 2. The van der Waals surface area contributed by atoms with E-state index in [2.05, 4.69) is 12.2 Å². The highest BCUT2D eigenvalue weighted by atomic mass is 16.5. The molecule has 0 radical (unpaired) electrons. The van der Waals surface area contributed by atoms with Crippen molar-refractivity contribution in [2.75, 3.05) is 6.61 Å². The number of carbonyl (C=O) groups is 2. The third kappa shape index (κ3) is 4.48. The summed E-state index contributed by atoms with van der Waals surface area (Å²) >= 11 is 0. The average molecular weight is 290 g/mol. The van der Waals surface area contributed by atoms with Crippen molar-refractivity contribution in [1.82, 2.24) is 5.32 Å². The lowest BCUT2D eigenvalue weighted by molar-refractivity contribution is -0.124. The number of hydrogen-bond acceptors (Lipinski definition) is 3. The van der Waals surface area contributed by atoms with Gasteiger partial charge >= 0.3 is 0 Å². The van der Waals surface area contributed by atoms with Crippen LogP contribution < -0.4 is 15.8 Å². The van der Waals surface area contributed by atoms with Gasteiger partial charge in [0.2, 0.25) is 5.91 Å². The Morgan fingerprint density at radius 1 is 1.24 bits per heavy atom. The van der Waals surface area contributed by atoms with Crippen LogP contribution in [0.3, 0.4) is 0 Å². The quantitative estimate of drug-likeness (QED) is 0.868. The molecule has 2 rings (SSSR count). The van der Waals surface area contributed by atoms with Crippen molar-refractivity contribution in [3.05, 3.63) is 29.8 Å². The van der Waals surface area contributed by atoms with Crippen molar-refractivity contribution in [3.63, 3.8) is 0 Å². The molecule has 0 aliphatic heterocycles. The monoisotopic (exact) mass is 290 g/mol. The molecule has 0 heterocycles. The SMILES string of the molecule is C[C@H]1CCCC[C@@H]1NC(=O)COc1ccc(C(N)=O)cc1. The van der Waals surface area contributed by atoms with Crippen LogP contribution in [0.2, 0.25) is 0 Å². The highest BCUT2D eigenvalue weighted by Crippen LogP contribution is 2.23. The van der Waals surface area contributed by atoms with Crippen molar-refractivity contribution >= 4 is 11.8 Å². The highest BCUT2D eigenvalue weighted by Gasteiger charge is 2.22. The molecule has 3 N–H and O–H groups in total. The summed E-state index contributed by atoms with van der Waals surface area (Å²) in [6, 6.07) is 6.69. The van der Waals surface area contributed by atoms with E-state index in [1.165, 1.54) is 19.3 Å². The molecule has 1 fully saturated rings. The molecule has 2 amide bonds. The average Bonchev–Trinajstić information content (AvgIpc) is 2.48. The first-order valence-corrected chi connectivity index (χ1v) is 7.38. The summed E-state index contributed by atoms with van der Waals surface area (Å²) in [6.45, 7) is 2.16. The van der Waals surface area contributed by atoms with Crippen LogP contribution in [0.25, 0.3) is 0 Å². The first kappa shape index (κ1) is 15.4. The Morgan fingerprint density at radius 3 is 2.52 bits per heavy atom. The normalized spacial score (nSPS) is 21.6. The van der Waals surface area contributed by atoms with Gasteiger partial charge in [-0.05, 0) is 43.0 Å². The molecule has 5 heteroatoms. The molecule has 0 unspecified atom stereocenters. The van der Waals surface area contributed by atoms with Gasteiger partial charge in [-0.2, -0.15) is 0 Å². The molecule has 0 spiro atoms. The number of amides is 2. The Labute approximate surface area is 124 Å². The standard InChI is InChI=1S/C16H22N2O3/c1-11-4-2-3-5-14(11)18-15(19)10-21-13-8-6-12(7-9-13)16(17)20/h6-9,11,14H,2-5,10H2,1H3,(H2,17,20)(H,18,19)/t11-,14-/m0/s1. The van der Waals surface area contributed by atoms with E-state index in [0.717, 1.165) is 6.42 Å². The van der Waals surface area contributed by atoms with Gasteiger partial charge in [0.15, 0.2) is 6.61 Å². The zero-order chi connectivity index (χ0) is 15.2. The predicted molar refractivity (Wildman–Crippen MR) is 80.0 cm³/mol. The third-order valence-corrected chi connectivity index (χ3v) is 3.97. The Bertz CT molecular complexity index is 499. The van der Waals surface area contributed by atoms with Gasteiger partial charge in [-0.1, -0.05) is 19.8 Å². The van der Waals surface area contributed by atoms with E-state index >= 15 is 0 Å². The Balaban J connectivity index is 1.79. The molecule has 114 valence electrons. The molecule has 0 bridgehead atoms. The van der Waals surface area contributed by atoms with Gasteiger partial charge in [0.25, 0.3) is 5.91 Å².